The smallest absolute Gasteiger partial charge is 0.161 e. The van der Waals surface area contributed by atoms with E-state index in [9.17, 15) is 15.3 Å². The van der Waals surface area contributed by atoms with Crippen molar-refractivity contribution in [2.24, 2.45) is 0 Å². The number of benzene rings is 1. The fraction of sp³-hybridized carbons (Fsp3) is 0.538. The number of nitrogens with one attached hydrogen (secondary N) is 1. The molecule has 0 aliphatic heterocycles. The van der Waals surface area contributed by atoms with E-state index in [2.05, 4.69) is 12.2 Å². The molecule has 1 aliphatic rings. The molecule has 4 N–H and O–H groups in total. The van der Waals surface area contributed by atoms with Crippen LogP contribution in [0.2, 0.25) is 0 Å². The number of rotatable bonds is 3. The minimum absolute atomic E-state index is 0.0337. The predicted octanol–water partition coefficient (Wildman–Crippen LogP) is 1.45. The van der Waals surface area contributed by atoms with Gasteiger partial charge in [-0.1, -0.05) is 13.0 Å². The first-order valence-electron chi connectivity index (χ1n) is 6.10. The molecular weight excluding hydrogens is 218 g/mol. The summed E-state index contributed by atoms with van der Waals surface area (Å²) in [6, 6.07) is 3.15. The van der Waals surface area contributed by atoms with E-state index in [1.165, 1.54) is 6.07 Å². The Kier molecular flexibility index (Phi) is 3.54. The van der Waals surface area contributed by atoms with Crippen molar-refractivity contribution in [3.63, 3.8) is 0 Å². The molecule has 0 fully saturated rings. The molecule has 1 aliphatic carbocycles. The quantitative estimate of drug-likeness (QED) is 0.600. The van der Waals surface area contributed by atoms with E-state index >= 15 is 0 Å². The van der Waals surface area contributed by atoms with Gasteiger partial charge in [-0.2, -0.15) is 0 Å². The van der Waals surface area contributed by atoms with Crippen molar-refractivity contribution in [1.29, 1.82) is 0 Å². The summed E-state index contributed by atoms with van der Waals surface area (Å²) in [5.74, 6) is -0.202. The number of hydrogen-bond acceptors (Lipinski definition) is 4. The molecule has 1 aromatic carbocycles. The maximum atomic E-state index is 10.2. The second kappa shape index (κ2) is 4.94. The summed E-state index contributed by atoms with van der Waals surface area (Å²) in [7, 11) is 0. The van der Waals surface area contributed by atoms with Crippen LogP contribution in [0.1, 0.15) is 37.0 Å². The first-order chi connectivity index (χ1) is 8.15. The molecule has 0 radical (unpaired) electrons. The summed E-state index contributed by atoms with van der Waals surface area (Å²) in [5.41, 5.74) is 1.40. The van der Waals surface area contributed by atoms with Gasteiger partial charge in [-0.15, -0.1) is 0 Å². The molecule has 0 aromatic heterocycles. The highest BCUT2D eigenvalue weighted by Gasteiger charge is 2.29. The first-order valence-corrected chi connectivity index (χ1v) is 6.10. The average Bonchev–Trinajstić information content (AvgIpc) is 2.33. The lowest BCUT2D eigenvalue weighted by molar-refractivity contribution is 0.114. The molecule has 2 unspecified atom stereocenters. The maximum absolute atomic E-state index is 10.2. The zero-order valence-corrected chi connectivity index (χ0v) is 9.98. The van der Waals surface area contributed by atoms with E-state index in [0.29, 0.717) is 12.0 Å². The van der Waals surface area contributed by atoms with Crippen LogP contribution in [0.25, 0.3) is 0 Å². The Morgan fingerprint density at radius 3 is 2.82 bits per heavy atom. The Balaban J connectivity index is 2.24. The number of phenols is 2. The van der Waals surface area contributed by atoms with Crippen molar-refractivity contribution in [1.82, 2.24) is 5.32 Å². The van der Waals surface area contributed by atoms with Crippen molar-refractivity contribution in [2.75, 3.05) is 6.54 Å². The van der Waals surface area contributed by atoms with Crippen LogP contribution in [0.15, 0.2) is 12.1 Å². The van der Waals surface area contributed by atoms with Crippen molar-refractivity contribution in [2.45, 2.75) is 38.3 Å². The van der Waals surface area contributed by atoms with Gasteiger partial charge in [-0.3, -0.25) is 0 Å². The van der Waals surface area contributed by atoms with E-state index in [1.807, 2.05) is 0 Å². The Morgan fingerprint density at radius 2 is 2.12 bits per heavy atom. The summed E-state index contributed by atoms with van der Waals surface area (Å²) < 4.78 is 0. The van der Waals surface area contributed by atoms with Crippen LogP contribution in [0.4, 0.5) is 0 Å². The second-order valence-corrected chi connectivity index (χ2v) is 4.55. The second-order valence-electron chi connectivity index (χ2n) is 4.55. The Labute approximate surface area is 101 Å². The third-order valence-electron chi connectivity index (χ3n) is 3.36. The van der Waals surface area contributed by atoms with Crippen LogP contribution >= 0.6 is 0 Å². The molecule has 0 saturated heterocycles. The molecule has 1 aromatic rings. The average molecular weight is 237 g/mol. The lowest BCUT2D eigenvalue weighted by Crippen LogP contribution is -2.38. The molecule has 94 valence electrons. The van der Waals surface area contributed by atoms with E-state index < -0.39 is 6.10 Å². The van der Waals surface area contributed by atoms with Gasteiger partial charge in [-0.25, -0.2) is 0 Å². The molecular formula is C13H19NO3. The lowest BCUT2D eigenvalue weighted by atomic mass is 9.85. The van der Waals surface area contributed by atoms with E-state index in [4.69, 9.17) is 0 Å². The summed E-state index contributed by atoms with van der Waals surface area (Å²) >= 11 is 0. The van der Waals surface area contributed by atoms with Gasteiger partial charge in [0.1, 0.15) is 0 Å². The van der Waals surface area contributed by atoms with Gasteiger partial charge in [-0.05, 0) is 37.4 Å². The van der Waals surface area contributed by atoms with Crippen LogP contribution in [-0.2, 0) is 6.42 Å². The van der Waals surface area contributed by atoms with Crippen LogP contribution in [0, 0.1) is 0 Å². The molecule has 0 heterocycles. The number of aromatic hydroxyl groups is 2. The SMILES string of the molecule is CCCNC1CCc2c(ccc(O)c2O)C1O. The molecule has 17 heavy (non-hydrogen) atoms. The van der Waals surface area contributed by atoms with Gasteiger partial charge < -0.3 is 20.6 Å². The fourth-order valence-corrected chi connectivity index (χ4v) is 2.40. The van der Waals surface area contributed by atoms with Crippen LogP contribution in [0.5, 0.6) is 11.5 Å². The molecule has 2 rings (SSSR count). The minimum atomic E-state index is -0.614. The summed E-state index contributed by atoms with van der Waals surface area (Å²) in [5, 5.41) is 32.7. The van der Waals surface area contributed by atoms with Crippen LogP contribution < -0.4 is 5.32 Å². The predicted molar refractivity (Wildman–Crippen MR) is 65.1 cm³/mol. The van der Waals surface area contributed by atoms with Crippen molar-refractivity contribution in [3.8, 4) is 11.5 Å². The lowest BCUT2D eigenvalue weighted by Gasteiger charge is -2.31. The fourth-order valence-electron chi connectivity index (χ4n) is 2.40. The van der Waals surface area contributed by atoms with Gasteiger partial charge in [0.2, 0.25) is 0 Å². The number of phenolic OH excluding ortho intramolecular Hbond substituents is 2. The minimum Gasteiger partial charge on any atom is -0.504 e. The monoisotopic (exact) mass is 237 g/mol. The van der Waals surface area contributed by atoms with Gasteiger partial charge in [0.15, 0.2) is 11.5 Å². The van der Waals surface area contributed by atoms with Crippen molar-refractivity contribution in [3.05, 3.63) is 23.3 Å². The molecule has 2 atom stereocenters. The highest BCUT2D eigenvalue weighted by molar-refractivity contribution is 5.51. The Morgan fingerprint density at radius 1 is 1.35 bits per heavy atom. The van der Waals surface area contributed by atoms with Crippen molar-refractivity contribution >= 4 is 0 Å². The van der Waals surface area contributed by atoms with Crippen LogP contribution in [0.3, 0.4) is 0 Å². The highest BCUT2D eigenvalue weighted by atomic mass is 16.3. The number of aliphatic hydroxyl groups excluding tert-OH is 1. The Hall–Kier alpha value is -1.26. The summed E-state index contributed by atoms with van der Waals surface area (Å²) in [4.78, 5) is 0. The number of fused-ring (bicyclic) bond motifs is 1. The van der Waals surface area contributed by atoms with Gasteiger partial charge in [0.05, 0.1) is 6.10 Å². The first kappa shape index (κ1) is 12.2. The molecule has 0 amide bonds. The molecule has 4 heteroatoms. The van der Waals surface area contributed by atoms with Crippen molar-refractivity contribution < 1.29 is 15.3 Å². The molecule has 0 saturated carbocycles. The number of hydrogen-bond donors (Lipinski definition) is 4. The zero-order chi connectivity index (χ0) is 12.4. The van der Waals surface area contributed by atoms with Gasteiger partial charge in [0, 0.05) is 11.6 Å². The van der Waals surface area contributed by atoms with E-state index in [-0.39, 0.29) is 17.5 Å². The molecule has 0 bridgehead atoms. The third kappa shape index (κ3) is 2.23. The molecule has 4 nitrogen and oxygen atoms in total. The third-order valence-corrected chi connectivity index (χ3v) is 3.36. The topological polar surface area (TPSA) is 72.7 Å². The maximum Gasteiger partial charge on any atom is 0.161 e. The van der Waals surface area contributed by atoms with E-state index in [0.717, 1.165) is 24.9 Å². The van der Waals surface area contributed by atoms with E-state index in [1.54, 1.807) is 6.07 Å². The van der Waals surface area contributed by atoms with Gasteiger partial charge >= 0.3 is 0 Å². The summed E-state index contributed by atoms with van der Waals surface area (Å²) in [6.45, 7) is 2.96. The molecule has 0 spiro atoms. The number of aliphatic hydroxyl groups is 1. The standard InChI is InChI=1S/C13H19NO3/c1-2-7-14-10-5-3-9-8(12(10)16)4-6-11(15)13(9)17/h4,6,10,12,14-17H,2-3,5,7H2,1H3. The highest BCUT2D eigenvalue weighted by Crippen LogP contribution is 2.39. The Bertz CT molecular complexity index is 406. The largest absolute Gasteiger partial charge is 0.504 e. The normalized spacial score (nSPS) is 23.4. The zero-order valence-electron chi connectivity index (χ0n) is 9.98. The summed E-state index contributed by atoms with van der Waals surface area (Å²) in [6.07, 6.45) is 1.85. The van der Waals surface area contributed by atoms with Gasteiger partial charge in [0.25, 0.3) is 0 Å². The van der Waals surface area contributed by atoms with Crippen LogP contribution in [-0.4, -0.2) is 27.9 Å².